The molecule has 1 saturated carbocycles. The van der Waals surface area contributed by atoms with Crippen molar-refractivity contribution in [3.63, 3.8) is 0 Å². The van der Waals surface area contributed by atoms with E-state index in [1.165, 1.54) is 4.31 Å². The number of carbonyl (C=O) groups is 1. The van der Waals surface area contributed by atoms with E-state index in [1.807, 2.05) is 31.7 Å². The molecule has 1 saturated heterocycles. The highest BCUT2D eigenvalue weighted by Crippen LogP contribution is 2.32. The van der Waals surface area contributed by atoms with Gasteiger partial charge in [-0.3, -0.25) is 4.79 Å². The molecule has 0 radical (unpaired) electrons. The van der Waals surface area contributed by atoms with E-state index in [0.29, 0.717) is 31.1 Å². The molecule has 1 heterocycles. The maximum absolute atomic E-state index is 12.9. The second-order valence-corrected chi connectivity index (χ2v) is 8.61. The fraction of sp³-hybridized carbons (Fsp3) is 0.588. The van der Waals surface area contributed by atoms with Crippen LogP contribution in [0, 0.1) is 26.7 Å². The molecular weight excluding hydrogens is 312 g/mol. The number of hydrogen-bond donors (Lipinski definition) is 0. The first kappa shape index (κ1) is 16.5. The molecular formula is C17H24N2O3S. The van der Waals surface area contributed by atoms with Crippen molar-refractivity contribution in [3.8, 4) is 0 Å². The molecule has 0 atom stereocenters. The minimum Gasteiger partial charge on any atom is -0.340 e. The van der Waals surface area contributed by atoms with Crippen molar-refractivity contribution in [2.75, 3.05) is 26.2 Å². The molecule has 0 aromatic heterocycles. The number of piperazine rings is 1. The number of carbonyl (C=O) groups excluding carboxylic acids is 1. The Morgan fingerprint density at radius 2 is 1.52 bits per heavy atom. The normalized spacial score (nSPS) is 19.9. The Balaban J connectivity index is 1.76. The fourth-order valence-corrected chi connectivity index (χ4v) is 4.80. The van der Waals surface area contributed by atoms with Gasteiger partial charge in [-0.25, -0.2) is 8.42 Å². The van der Waals surface area contributed by atoms with Gasteiger partial charge in [0, 0.05) is 32.1 Å². The lowest BCUT2D eigenvalue weighted by molar-refractivity contribution is -0.133. The predicted octanol–water partition coefficient (Wildman–Crippen LogP) is 1.85. The van der Waals surface area contributed by atoms with Gasteiger partial charge in [-0.2, -0.15) is 4.31 Å². The largest absolute Gasteiger partial charge is 0.340 e. The van der Waals surface area contributed by atoms with Gasteiger partial charge in [-0.1, -0.05) is 6.07 Å². The van der Waals surface area contributed by atoms with E-state index in [4.69, 9.17) is 0 Å². The summed E-state index contributed by atoms with van der Waals surface area (Å²) in [6.07, 6.45) is 1.97. The van der Waals surface area contributed by atoms with E-state index in [9.17, 15) is 13.2 Å². The van der Waals surface area contributed by atoms with Gasteiger partial charge in [-0.05, 0) is 56.4 Å². The average Bonchev–Trinajstić information content (AvgIpc) is 3.35. The van der Waals surface area contributed by atoms with E-state index in [-0.39, 0.29) is 11.8 Å². The number of amides is 1. The van der Waals surface area contributed by atoms with Gasteiger partial charge in [0.05, 0.1) is 4.90 Å². The van der Waals surface area contributed by atoms with Crippen molar-refractivity contribution >= 4 is 15.9 Å². The van der Waals surface area contributed by atoms with Gasteiger partial charge in [0.15, 0.2) is 0 Å². The summed E-state index contributed by atoms with van der Waals surface area (Å²) in [6.45, 7) is 7.52. The smallest absolute Gasteiger partial charge is 0.243 e. The van der Waals surface area contributed by atoms with Crippen LogP contribution in [0.3, 0.4) is 0 Å². The number of benzene rings is 1. The Morgan fingerprint density at radius 1 is 0.957 bits per heavy atom. The summed E-state index contributed by atoms with van der Waals surface area (Å²) in [6, 6.07) is 3.69. The lowest BCUT2D eigenvalue weighted by Crippen LogP contribution is -2.51. The van der Waals surface area contributed by atoms with Gasteiger partial charge >= 0.3 is 0 Å². The zero-order valence-electron chi connectivity index (χ0n) is 14.0. The summed E-state index contributed by atoms with van der Waals surface area (Å²) in [5.41, 5.74) is 2.86. The number of nitrogens with zero attached hydrogens (tertiary/aromatic N) is 2. The second kappa shape index (κ2) is 5.91. The molecule has 3 rings (SSSR count). The minimum absolute atomic E-state index is 0.195. The van der Waals surface area contributed by atoms with Crippen LogP contribution in [0.15, 0.2) is 17.0 Å². The quantitative estimate of drug-likeness (QED) is 0.846. The monoisotopic (exact) mass is 336 g/mol. The summed E-state index contributed by atoms with van der Waals surface area (Å²) in [7, 11) is -3.49. The first-order chi connectivity index (χ1) is 10.8. The highest BCUT2D eigenvalue weighted by molar-refractivity contribution is 7.89. The SMILES string of the molecule is Cc1cc(C)c(S(=O)(=O)N2CCN(C(=O)C3CC3)CC2)cc1C. The number of rotatable bonds is 3. The third kappa shape index (κ3) is 3.15. The molecule has 1 aromatic rings. The summed E-state index contributed by atoms with van der Waals surface area (Å²) < 4.78 is 27.3. The summed E-state index contributed by atoms with van der Waals surface area (Å²) in [5.74, 6) is 0.393. The molecule has 5 nitrogen and oxygen atoms in total. The van der Waals surface area contributed by atoms with Crippen molar-refractivity contribution in [1.82, 2.24) is 9.21 Å². The van der Waals surface area contributed by atoms with Crippen molar-refractivity contribution in [1.29, 1.82) is 0 Å². The van der Waals surface area contributed by atoms with Crippen LogP contribution in [0.5, 0.6) is 0 Å². The van der Waals surface area contributed by atoms with E-state index in [1.54, 1.807) is 6.07 Å². The van der Waals surface area contributed by atoms with Crippen molar-refractivity contribution in [3.05, 3.63) is 28.8 Å². The van der Waals surface area contributed by atoms with Gasteiger partial charge in [0.25, 0.3) is 0 Å². The molecule has 1 aliphatic heterocycles. The molecule has 6 heteroatoms. The van der Waals surface area contributed by atoms with E-state index >= 15 is 0 Å². The Bertz CT molecular complexity index is 730. The Morgan fingerprint density at radius 3 is 2.09 bits per heavy atom. The van der Waals surface area contributed by atoms with E-state index < -0.39 is 10.0 Å². The summed E-state index contributed by atoms with van der Waals surface area (Å²) in [5, 5.41) is 0. The standard InChI is InChI=1S/C17H24N2O3S/c1-12-10-14(3)16(11-13(12)2)23(21,22)19-8-6-18(7-9-19)17(20)15-4-5-15/h10-11,15H,4-9H2,1-3H3. The van der Waals surface area contributed by atoms with Crippen LogP contribution in [-0.4, -0.2) is 49.7 Å². The van der Waals surface area contributed by atoms with Crippen LogP contribution in [0.4, 0.5) is 0 Å². The molecule has 1 aliphatic carbocycles. The molecule has 1 aromatic carbocycles. The van der Waals surface area contributed by atoms with Crippen LogP contribution in [0.2, 0.25) is 0 Å². The van der Waals surface area contributed by atoms with Gasteiger partial charge in [-0.15, -0.1) is 0 Å². The molecule has 1 amide bonds. The Hall–Kier alpha value is -1.40. The highest BCUT2D eigenvalue weighted by Gasteiger charge is 2.37. The lowest BCUT2D eigenvalue weighted by Gasteiger charge is -2.34. The van der Waals surface area contributed by atoms with Crippen molar-refractivity contribution < 1.29 is 13.2 Å². The third-order valence-corrected chi connectivity index (χ3v) is 6.93. The molecule has 0 spiro atoms. The highest BCUT2D eigenvalue weighted by atomic mass is 32.2. The third-order valence-electron chi connectivity index (χ3n) is 4.89. The fourth-order valence-electron chi connectivity index (χ4n) is 3.09. The molecule has 2 fully saturated rings. The average molecular weight is 336 g/mol. The molecule has 126 valence electrons. The van der Waals surface area contributed by atoms with Crippen LogP contribution >= 0.6 is 0 Å². The van der Waals surface area contributed by atoms with Crippen molar-refractivity contribution in [2.45, 2.75) is 38.5 Å². The van der Waals surface area contributed by atoms with Gasteiger partial charge < -0.3 is 4.90 Å². The second-order valence-electron chi connectivity index (χ2n) is 6.71. The van der Waals surface area contributed by atoms with Gasteiger partial charge in [0.2, 0.25) is 15.9 Å². The van der Waals surface area contributed by atoms with Crippen molar-refractivity contribution in [2.24, 2.45) is 5.92 Å². The maximum atomic E-state index is 12.9. The van der Waals surface area contributed by atoms with Crippen LogP contribution < -0.4 is 0 Å². The molecule has 0 N–H and O–H groups in total. The minimum atomic E-state index is -3.49. The van der Waals surface area contributed by atoms with Crippen LogP contribution in [0.25, 0.3) is 0 Å². The number of aryl methyl sites for hydroxylation is 3. The zero-order valence-corrected chi connectivity index (χ0v) is 14.8. The predicted molar refractivity (Wildman–Crippen MR) is 88.7 cm³/mol. The Kier molecular flexibility index (Phi) is 4.23. The first-order valence-corrected chi connectivity index (χ1v) is 9.61. The van der Waals surface area contributed by atoms with E-state index in [0.717, 1.165) is 29.5 Å². The summed E-state index contributed by atoms with van der Waals surface area (Å²) in [4.78, 5) is 14.3. The van der Waals surface area contributed by atoms with Crippen LogP contribution in [-0.2, 0) is 14.8 Å². The topological polar surface area (TPSA) is 57.7 Å². The summed E-state index contributed by atoms with van der Waals surface area (Å²) >= 11 is 0. The number of hydrogen-bond acceptors (Lipinski definition) is 3. The first-order valence-electron chi connectivity index (χ1n) is 8.17. The van der Waals surface area contributed by atoms with E-state index in [2.05, 4.69) is 0 Å². The van der Waals surface area contributed by atoms with Gasteiger partial charge in [0.1, 0.15) is 0 Å². The zero-order chi connectivity index (χ0) is 16.8. The maximum Gasteiger partial charge on any atom is 0.243 e. The molecule has 0 unspecified atom stereocenters. The molecule has 0 bridgehead atoms. The number of sulfonamides is 1. The lowest BCUT2D eigenvalue weighted by atomic mass is 10.1. The molecule has 2 aliphatic rings. The molecule has 23 heavy (non-hydrogen) atoms. The van der Waals surface area contributed by atoms with Crippen LogP contribution in [0.1, 0.15) is 29.5 Å². The Labute approximate surface area is 138 Å².